The summed E-state index contributed by atoms with van der Waals surface area (Å²) in [4.78, 5) is 0. The number of benzene rings is 1. The standard InChI is InChI=1S/C13H18IN/c1-15-13(10-6-2-3-7-10)11-8-4-5-9-12(11)14/h4-5,8-10,13,15H,2-3,6-7H2,1H3. The molecule has 1 aromatic carbocycles. The summed E-state index contributed by atoms with van der Waals surface area (Å²) >= 11 is 2.45. The highest BCUT2D eigenvalue weighted by molar-refractivity contribution is 14.1. The number of hydrogen-bond donors (Lipinski definition) is 1. The second kappa shape index (κ2) is 5.30. The molecule has 1 saturated carbocycles. The SMILES string of the molecule is CNC(c1ccccc1I)C1CCCC1. The van der Waals surface area contributed by atoms with Gasteiger partial charge in [-0.3, -0.25) is 0 Å². The molecule has 0 radical (unpaired) electrons. The van der Waals surface area contributed by atoms with Crippen molar-refractivity contribution in [2.24, 2.45) is 5.92 Å². The van der Waals surface area contributed by atoms with Gasteiger partial charge in [0, 0.05) is 9.61 Å². The van der Waals surface area contributed by atoms with Crippen molar-refractivity contribution in [3.05, 3.63) is 33.4 Å². The Morgan fingerprint density at radius 1 is 1.27 bits per heavy atom. The van der Waals surface area contributed by atoms with Crippen LogP contribution in [-0.4, -0.2) is 7.05 Å². The zero-order valence-electron chi connectivity index (χ0n) is 9.17. The molecular formula is C13H18IN. The Hall–Kier alpha value is -0.0900. The third-order valence-electron chi connectivity index (χ3n) is 3.42. The number of nitrogens with one attached hydrogen (secondary N) is 1. The van der Waals surface area contributed by atoms with E-state index < -0.39 is 0 Å². The lowest BCUT2D eigenvalue weighted by molar-refractivity contribution is 0.389. The fourth-order valence-corrected chi connectivity index (χ4v) is 3.39. The topological polar surface area (TPSA) is 12.0 Å². The third-order valence-corrected chi connectivity index (χ3v) is 4.40. The van der Waals surface area contributed by atoms with E-state index >= 15 is 0 Å². The van der Waals surface area contributed by atoms with Crippen molar-refractivity contribution < 1.29 is 0 Å². The summed E-state index contributed by atoms with van der Waals surface area (Å²) in [6, 6.07) is 9.29. The van der Waals surface area contributed by atoms with Crippen LogP contribution in [0.1, 0.15) is 37.3 Å². The molecule has 15 heavy (non-hydrogen) atoms. The molecule has 0 aliphatic heterocycles. The van der Waals surface area contributed by atoms with Crippen LogP contribution in [0, 0.1) is 9.49 Å². The van der Waals surface area contributed by atoms with Gasteiger partial charge in [-0.15, -0.1) is 0 Å². The van der Waals surface area contributed by atoms with Crippen LogP contribution in [0.25, 0.3) is 0 Å². The number of rotatable bonds is 3. The Morgan fingerprint density at radius 3 is 2.53 bits per heavy atom. The predicted molar refractivity (Wildman–Crippen MR) is 72.9 cm³/mol. The first kappa shape index (κ1) is 11.4. The van der Waals surface area contributed by atoms with Gasteiger partial charge in [-0.1, -0.05) is 31.0 Å². The van der Waals surface area contributed by atoms with Crippen LogP contribution in [0.3, 0.4) is 0 Å². The number of halogens is 1. The minimum absolute atomic E-state index is 0.556. The molecule has 0 bridgehead atoms. The van der Waals surface area contributed by atoms with Crippen LogP contribution in [-0.2, 0) is 0 Å². The Kier molecular flexibility index (Phi) is 4.03. The van der Waals surface area contributed by atoms with Crippen molar-refractivity contribution in [3.8, 4) is 0 Å². The van der Waals surface area contributed by atoms with Gasteiger partial charge in [-0.2, -0.15) is 0 Å². The summed E-state index contributed by atoms with van der Waals surface area (Å²) in [5.74, 6) is 0.839. The van der Waals surface area contributed by atoms with Gasteiger partial charge >= 0.3 is 0 Å². The molecule has 1 aliphatic carbocycles. The van der Waals surface area contributed by atoms with Gasteiger partial charge in [-0.05, 0) is 60.0 Å². The first-order valence-electron chi connectivity index (χ1n) is 5.74. The lowest BCUT2D eigenvalue weighted by Gasteiger charge is -2.24. The first-order valence-corrected chi connectivity index (χ1v) is 6.82. The molecule has 1 N–H and O–H groups in total. The minimum atomic E-state index is 0.556. The summed E-state index contributed by atoms with van der Waals surface area (Å²) in [6.07, 6.45) is 5.59. The minimum Gasteiger partial charge on any atom is -0.313 e. The number of hydrogen-bond acceptors (Lipinski definition) is 1. The molecule has 1 unspecified atom stereocenters. The van der Waals surface area contributed by atoms with Crippen LogP contribution in [0.15, 0.2) is 24.3 Å². The predicted octanol–water partition coefficient (Wildman–Crippen LogP) is 3.74. The first-order chi connectivity index (χ1) is 7.33. The van der Waals surface area contributed by atoms with Crippen LogP contribution in [0.5, 0.6) is 0 Å². The van der Waals surface area contributed by atoms with E-state index in [-0.39, 0.29) is 0 Å². The van der Waals surface area contributed by atoms with E-state index in [4.69, 9.17) is 0 Å². The van der Waals surface area contributed by atoms with Crippen molar-refractivity contribution in [3.63, 3.8) is 0 Å². The molecule has 0 amide bonds. The maximum absolute atomic E-state index is 3.50. The molecule has 1 aliphatic rings. The monoisotopic (exact) mass is 315 g/mol. The molecule has 2 rings (SSSR count). The molecule has 1 aromatic rings. The molecule has 0 aromatic heterocycles. The second-order valence-corrected chi connectivity index (χ2v) is 5.49. The summed E-state index contributed by atoms with van der Waals surface area (Å²) in [5.41, 5.74) is 1.48. The van der Waals surface area contributed by atoms with E-state index in [9.17, 15) is 0 Å². The van der Waals surface area contributed by atoms with Crippen LogP contribution in [0.4, 0.5) is 0 Å². The van der Waals surface area contributed by atoms with Gasteiger partial charge in [0.25, 0.3) is 0 Å². The van der Waals surface area contributed by atoms with Gasteiger partial charge in [0.2, 0.25) is 0 Å². The highest BCUT2D eigenvalue weighted by Crippen LogP contribution is 2.36. The zero-order valence-corrected chi connectivity index (χ0v) is 11.3. The summed E-state index contributed by atoms with van der Waals surface area (Å²) in [6.45, 7) is 0. The Balaban J connectivity index is 2.22. The van der Waals surface area contributed by atoms with E-state index in [0.717, 1.165) is 5.92 Å². The van der Waals surface area contributed by atoms with Crippen molar-refractivity contribution in [2.75, 3.05) is 7.05 Å². The maximum atomic E-state index is 3.50. The molecule has 0 spiro atoms. The fraction of sp³-hybridized carbons (Fsp3) is 0.538. The molecule has 2 heteroatoms. The Labute approximate surface area is 106 Å². The highest BCUT2D eigenvalue weighted by Gasteiger charge is 2.25. The van der Waals surface area contributed by atoms with E-state index in [2.05, 4.69) is 59.2 Å². The molecule has 1 nitrogen and oxygen atoms in total. The Bertz CT molecular complexity index is 318. The molecule has 1 fully saturated rings. The third kappa shape index (κ3) is 2.53. The lowest BCUT2D eigenvalue weighted by Crippen LogP contribution is -2.24. The van der Waals surface area contributed by atoms with Gasteiger partial charge in [0.05, 0.1) is 0 Å². The fourth-order valence-electron chi connectivity index (χ4n) is 2.66. The van der Waals surface area contributed by atoms with Gasteiger partial charge in [-0.25, -0.2) is 0 Å². The van der Waals surface area contributed by atoms with Crippen molar-refractivity contribution in [2.45, 2.75) is 31.7 Å². The summed E-state index contributed by atoms with van der Waals surface area (Å²) in [7, 11) is 2.09. The van der Waals surface area contributed by atoms with E-state index in [1.54, 1.807) is 0 Å². The molecule has 82 valence electrons. The van der Waals surface area contributed by atoms with Crippen molar-refractivity contribution in [1.82, 2.24) is 5.32 Å². The molecular weight excluding hydrogens is 297 g/mol. The smallest absolute Gasteiger partial charge is 0.0356 e. The van der Waals surface area contributed by atoms with Crippen molar-refractivity contribution in [1.29, 1.82) is 0 Å². The molecule has 0 heterocycles. The molecule has 0 saturated heterocycles. The second-order valence-electron chi connectivity index (χ2n) is 4.33. The quantitative estimate of drug-likeness (QED) is 0.838. The van der Waals surface area contributed by atoms with Gasteiger partial charge in [0.15, 0.2) is 0 Å². The van der Waals surface area contributed by atoms with Crippen LogP contribution in [0.2, 0.25) is 0 Å². The summed E-state index contributed by atoms with van der Waals surface area (Å²) < 4.78 is 1.39. The maximum Gasteiger partial charge on any atom is 0.0356 e. The highest BCUT2D eigenvalue weighted by atomic mass is 127. The largest absolute Gasteiger partial charge is 0.313 e. The van der Waals surface area contributed by atoms with Crippen LogP contribution < -0.4 is 5.32 Å². The van der Waals surface area contributed by atoms with Crippen LogP contribution >= 0.6 is 22.6 Å². The average molecular weight is 315 g/mol. The molecule has 1 atom stereocenters. The van der Waals surface area contributed by atoms with E-state index in [1.807, 2.05) is 0 Å². The van der Waals surface area contributed by atoms with Gasteiger partial charge in [0.1, 0.15) is 0 Å². The van der Waals surface area contributed by atoms with Crippen molar-refractivity contribution >= 4 is 22.6 Å². The van der Waals surface area contributed by atoms with E-state index in [0.29, 0.717) is 6.04 Å². The average Bonchev–Trinajstić information content (AvgIpc) is 2.75. The van der Waals surface area contributed by atoms with Gasteiger partial charge < -0.3 is 5.32 Å². The lowest BCUT2D eigenvalue weighted by atomic mass is 9.92. The Morgan fingerprint density at radius 2 is 1.93 bits per heavy atom. The van der Waals surface area contributed by atoms with E-state index in [1.165, 1.54) is 34.8 Å². The normalized spacial score (nSPS) is 19.3. The summed E-state index contributed by atoms with van der Waals surface area (Å²) in [5, 5.41) is 3.50. The zero-order chi connectivity index (χ0) is 10.7.